The van der Waals surface area contributed by atoms with Gasteiger partial charge in [-0.2, -0.15) is 35.1 Å². The van der Waals surface area contributed by atoms with Crippen molar-refractivity contribution in [2.24, 2.45) is 5.92 Å². The lowest BCUT2D eigenvalue weighted by atomic mass is 9.95. The molecule has 0 aliphatic heterocycles. The number of hydrogen-bond donors (Lipinski definition) is 0. The van der Waals surface area contributed by atoms with E-state index >= 15 is 0 Å². The third kappa shape index (κ3) is 6.99. The van der Waals surface area contributed by atoms with Gasteiger partial charge in [0.2, 0.25) is 0 Å². The highest BCUT2D eigenvalue weighted by Gasteiger charge is 2.79. The number of nitrogens with zero attached hydrogens (tertiary/aromatic N) is 1. The lowest BCUT2D eigenvalue weighted by Gasteiger charge is -2.36. The van der Waals surface area contributed by atoms with Crippen LogP contribution in [0.5, 0.6) is 5.75 Å². The van der Waals surface area contributed by atoms with Gasteiger partial charge in [-0.3, -0.25) is 0 Å². The predicted molar refractivity (Wildman–Crippen MR) is 147 cm³/mol. The molecule has 0 unspecified atom stereocenters. The number of halogens is 8. The van der Waals surface area contributed by atoms with E-state index in [2.05, 4.69) is 11.3 Å². The third-order valence-electron chi connectivity index (χ3n) is 6.92. The van der Waals surface area contributed by atoms with Crippen LogP contribution in [0.15, 0.2) is 61.2 Å². The van der Waals surface area contributed by atoms with Gasteiger partial charge in [0, 0.05) is 35.3 Å². The summed E-state index contributed by atoms with van der Waals surface area (Å²) in [5.41, 5.74) is 3.69. The van der Waals surface area contributed by atoms with E-state index in [1.807, 2.05) is 55.7 Å². The summed E-state index contributed by atoms with van der Waals surface area (Å²) in [6.07, 6.45) is -2.77. The first-order valence-electron chi connectivity index (χ1n) is 13.6. The quantitative estimate of drug-likeness (QED) is 0.0969. The molecule has 43 heavy (non-hydrogen) atoms. The summed E-state index contributed by atoms with van der Waals surface area (Å²) in [5, 5.41) is 0.798. The summed E-state index contributed by atoms with van der Waals surface area (Å²) in [7, 11) is 0. The average molecular weight is 620 g/mol. The molecular formula is C31H33F8NO3. The normalized spacial score (nSPS) is 13.0. The number of esters is 1. The van der Waals surface area contributed by atoms with Gasteiger partial charge in [0.15, 0.2) is 0 Å². The molecular weight excluding hydrogens is 586 g/mol. The van der Waals surface area contributed by atoms with Gasteiger partial charge >= 0.3 is 29.7 Å². The van der Waals surface area contributed by atoms with Gasteiger partial charge in [0.25, 0.3) is 0 Å². The highest BCUT2D eigenvalue weighted by atomic mass is 19.4. The molecule has 12 heteroatoms. The molecule has 3 aromatic rings. The molecule has 0 aliphatic carbocycles. The molecule has 3 rings (SSSR count). The zero-order chi connectivity index (χ0) is 32.2. The number of aryl methyl sites for hydroxylation is 1. The molecule has 1 heterocycles. The zero-order valence-electron chi connectivity index (χ0n) is 23.9. The number of alkyl halides is 8. The Bertz CT molecular complexity index is 1430. The third-order valence-corrected chi connectivity index (χ3v) is 6.92. The van der Waals surface area contributed by atoms with Crippen LogP contribution in [0.3, 0.4) is 0 Å². The van der Waals surface area contributed by atoms with E-state index in [1.54, 1.807) is 6.07 Å². The van der Waals surface area contributed by atoms with Gasteiger partial charge in [-0.15, -0.1) is 0 Å². The molecule has 0 fully saturated rings. The number of carbonyl (C=O) groups is 1. The zero-order valence-corrected chi connectivity index (χ0v) is 23.9. The van der Waals surface area contributed by atoms with Gasteiger partial charge < -0.3 is 14.0 Å². The molecule has 0 atom stereocenters. The van der Waals surface area contributed by atoms with Crippen molar-refractivity contribution in [1.82, 2.24) is 4.57 Å². The number of carbonyl (C=O) groups excluding carboxylic acids is 1. The summed E-state index contributed by atoms with van der Waals surface area (Å²) >= 11 is 0. The van der Waals surface area contributed by atoms with Crippen molar-refractivity contribution in [1.29, 1.82) is 0 Å². The Kier molecular flexibility index (Phi) is 10.2. The maximum Gasteiger partial charge on any atom is 0.378 e. The first-order valence-corrected chi connectivity index (χ1v) is 13.6. The molecule has 0 amide bonds. The summed E-state index contributed by atoms with van der Waals surface area (Å²) < 4.78 is 125. The van der Waals surface area contributed by atoms with Crippen molar-refractivity contribution in [2.45, 2.75) is 70.3 Å². The number of hydrogen-bond acceptors (Lipinski definition) is 3. The topological polar surface area (TPSA) is 40.5 Å². The molecule has 0 bridgehead atoms. The lowest BCUT2D eigenvalue weighted by Crippen LogP contribution is -2.62. The van der Waals surface area contributed by atoms with Crippen molar-refractivity contribution in [3.8, 4) is 17.0 Å². The predicted octanol–water partition coefficient (Wildman–Crippen LogP) is 8.96. The van der Waals surface area contributed by atoms with E-state index in [-0.39, 0.29) is 11.7 Å². The molecule has 0 spiro atoms. The molecule has 2 aromatic carbocycles. The first kappa shape index (κ1) is 33.9. The monoisotopic (exact) mass is 619 g/mol. The Morgan fingerprint density at radius 2 is 1.51 bits per heavy atom. The molecule has 0 N–H and O–H groups in total. The SMILES string of the molecule is C=CC(=O)OCCC(F)(F)C(F)(F)C(F)(F)C(F)(F)CCOc1ccc2cc(-c3ccccc3CC)n(CC(C)C)c2c1. The van der Waals surface area contributed by atoms with Crippen molar-refractivity contribution < 1.29 is 49.4 Å². The van der Waals surface area contributed by atoms with Crippen LogP contribution >= 0.6 is 0 Å². The fourth-order valence-corrected chi connectivity index (χ4v) is 4.60. The Labute approximate surface area is 244 Å². The maximum absolute atomic E-state index is 14.4. The van der Waals surface area contributed by atoms with Crippen molar-refractivity contribution in [3.63, 3.8) is 0 Å². The Morgan fingerprint density at radius 3 is 2.09 bits per heavy atom. The van der Waals surface area contributed by atoms with Crippen LogP contribution in [0, 0.1) is 5.92 Å². The standard InChI is InChI=1S/C31H33F8NO3/c1-5-21-9-7-8-10-24(21)26-17-22-11-12-23(18-25(22)40(26)19-20(3)4)42-15-13-28(32,33)30(36,37)31(38,39)29(34,35)14-16-43-27(41)6-2/h6-12,17-18,20H,2,5,13-16,19H2,1,3-4H3. The van der Waals surface area contributed by atoms with Crippen molar-refractivity contribution in [3.05, 3.63) is 66.7 Å². The summed E-state index contributed by atoms with van der Waals surface area (Å²) in [4.78, 5) is 10.9. The second-order valence-corrected chi connectivity index (χ2v) is 10.5. The van der Waals surface area contributed by atoms with Crippen LogP contribution in [0.1, 0.15) is 39.2 Å². The Balaban J connectivity index is 1.81. The molecule has 0 aliphatic rings. The summed E-state index contributed by atoms with van der Waals surface area (Å²) in [6, 6.07) is 14.4. The molecule has 1 aromatic heterocycles. The summed E-state index contributed by atoms with van der Waals surface area (Å²) in [5.74, 6) is -25.2. The minimum Gasteiger partial charge on any atom is -0.493 e. The van der Waals surface area contributed by atoms with Gasteiger partial charge in [0.1, 0.15) is 5.75 Å². The van der Waals surface area contributed by atoms with Gasteiger partial charge in [-0.25, -0.2) is 4.79 Å². The van der Waals surface area contributed by atoms with Crippen LogP contribution in [-0.2, 0) is 22.5 Å². The van der Waals surface area contributed by atoms with Crippen LogP contribution in [-0.4, -0.2) is 47.4 Å². The van der Waals surface area contributed by atoms with Crippen LogP contribution in [0.25, 0.3) is 22.2 Å². The Morgan fingerprint density at radius 1 is 0.907 bits per heavy atom. The largest absolute Gasteiger partial charge is 0.493 e. The number of ether oxygens (including phenoxy) is 2. The second-order valence-electron chi connectivity index (χ2n) is 10.5. The maximum atomic E-state index is 14.4. The minimum atomic E-state index is -6.47. The van der Waals surface area contributed by atoms with E-state index in [0.29, 0.717) is 18.1 Å². The number of rotatable bonds is 15. The van der Waals surface area contributed by atoms with Crippen molar-refractivity contribution in [2.75, 3.05) is 13.2 Å². The van der Waals surface area contributed by atoms with E-state index in [9.17, 15) is 39.9 Å². The van der Waals surface area contributed by atoms with Gasteiger partial charge in [-0.1, -0.05) is 51.6 Å². The fourth-order valence-electron chi connectivity index (χ4n) is 4.60. The van der Waals surface area contributed by atoms with E-state index in [1.165, 1.54) is 12.1 Å². The van der Waals surface area contributed by atoms with E-state index < -0.39 is 55.7 Å². The Hall–Kier alpha value is -3.57. The molecule has 0 saturated carbocycles. The number of aromatic nitrogens is 1. The van der Waals surface area contributed by atoms with Crippen LogP contribution in [0.2, 0.25) is 0 Å². The number of fused-ring (bicyclic) bond motifs is 1. The highest BCUT2D eigenvalue weighted by molar-refractivity contribution is 5.88. The van der Waals surface area contributed by atoms with E-state index in [0.717, 1.165) is 28.6 Å². The van der Waals surface area contributed by atoms with Crippen LogP contribution in [0.4, 0.5) is 35.1 Å². The van der Waals surface area contributed by atoms with Gasteiger partial charge in [0.05, 0.1) is 31.6 Å². The highest BCUT2D eigenvalue weighted by Crippen LogP contribution is 2.54. The minimum absolute atomic E-state index is 0.00572. The first-order chi connectivity index (χ1) is 20.0. The molecule has 0 saturated heterocycles. The molecule has 236 valence electrons. The molecule has 0 radical (unpaired) electrons. The van der Waals surface area contributed by atoms with Crippen molar-refractivity contribution >= 4 is 16.9 Å². The summed E-state index contributed by atoms with van der Waals surface area (Å²) in [6.45, 7) is 7.01. The van der Waals surface area contributed by atoms with E-state index in [4.69, 9.17) is 4.74 Å². The number of benzene rings is 2. The second kappa shape index (κ2) is 13.0. The average Bonchev–Trinajstić information content (AvgIpc) is 3.29. The molecule has 4 nitrogen and oxygen atoms in total. The van der Waals surface area contributed by atoms with Gasteiger partial charge in [-0.05, 0) is 36.1 Å². The smallest absolute Gasteiger partial charge is 0.378 e. The fraction of sp³-hybridized carbons (Fsp3) is 0.452. The lowest BCUT2D eigenvalue weighted by molar-refractivity contribution is -0.368. The van der Waals surface area contributed by atoms with Crippen LogP contribution < -0.4 is 4.74 Å².